The number of aliphatic imine (C=N–C) groups is 1. The monoisotopic (exact) mass is 410 g/mol. The number of para-hydroxylation sites is 1. The fraction of sp³-hybridized carbons (Fsp3) is 0.652. The van der Waals surface area contributed by atoms with Gasteiger partial charge in [0.1, 0.15) is 5.92 Å². The summed E-state index contributed by atoms with van der Waals surface area (Å²) in [6.07, 6.45) is 7.93. The molecule has 0 spiro atoms. The van der Waals surface area contributed by atoms with Crippen molar-refractivity contribution in [1.29, 1.82) is 0 Å². The largest absolute Gasteiger partial charge is 0.369 e. The molecule has 7 nitrogen and oxygen atoms in total. The molecule has 30 heavy (non-hydrogen) atoms. The number of nitrogens with zero attached hydrogens (tertiary/aromatic N) is 3. The third-order valence-corrected chi connectivity index (χ3v) is 7.47. The lowest BCUT2D eigenvalue weighted by atomic mass is 9.94. The first-order valence-corrected chi connectivity index (χ1v) is 11.6. The van der Waals surface area contributed by atoms with Crippen molar-refractivity contribution < 1.29 is 4.79 Å². The van der Waals surface area contributed by atoms with Gasteiger partial charge in [-0.15, -0.1) is 0 Å². The normalized spacial score (nSPS) is 32.2. The molecule has 2 aliphatic carbocycles. The summed E-state index contributed by atoms with van der Waals surface area (Å²) < 4.78 is 0. The lowest BCUT2D eigenvalue weighted by Gasteiger charge is -2.47. The average molecular weight is 411 g/mol. The fourth-order valence-corrected chi connectivity index (χ4v) is 5.84. The SMILES string of the molecule is CN1C(=O)C(C(NCC2CCCC2)Nc2ccccc2)C(N)N2C1=N[C@@H]1CCC[C@@H]12. The quantitative estimate of drug-likeness (QED) is 0.626. The summed E-state index contributed by atoms with van der Waals surface area (Å²) in [7, 11) is 1.85. The maximum atomic E-state index is 13.5. The van der Waals surface area contributed by atoms with Crippen molar-refractivity contribution in [2.75, 3.05) is 18.9 Å². The summed E-state index contributed by atoms with van der Waals surface area (Å²) in [6, 6.07) is 10.7. The molecule has 0 radical (unpaired) electrons. The van der Waals surface area contributed by atoms with Crippen LogP contribution >= 0.6 is 0 Å². The van der Waals surface area contributed by atoms with Crippen LogP contribution in [0.5, 0.6) is 0 Å². The second-order valence-electron chi connectivity index (χ2n) is 9.36. The minimum atomic E-state index is -0.380. The Hall–Kier alpha value is -2.12. The molecule has 162 valence electrons. The predicted octanol–water partition coefficient (Wildman–Crippen LogP) is 2.17. The highest BCUT2D eigenvalue weighted by molar-refractivity contribution is 6.02. The first-order chi connectivity index (χ1) is 14.6. The molecule has 3 fully saturated rings. The summed E-state index contributed by atoms with van der Waals surface area (Å²) in [5.41, 5.74) is 7.83. The molecule has 5 rings (SSSR count). The molecule has 1 saturated heterocycles. The molecule has 0 bridgehead atoms. The molecule has 7 heteroatoms. The van der Waals surface area contributed by atoms with E-state index in [2.05, 4.69) is 15.5 Å². The Morgan fingerprint density at radius 1 is 1.13 bits per heavy atom. The van der Waals surface area contributed by atoms with Crippen molar-refractivity contribution in [1.82, 2.24) is 15.1 Å². The molecule has 2 saturated carbocycles. The summed E-state index contributed by atoms with van der Waals surface area (Å²) in [5.74, 6) is 1.12. The smallest absolute Gasteiger partial charge is 0.239 e. The van der Waals surface area contributed by atoms with Crippen LogP contribution in [0.25, 0.3) is 0 Å². The zero-order chi connectivity index (χ0) is 20.7. The second-order valence-corrected chi connectivity index (χ2v) is 9.36. The number of carbonyl (C=O) groups excluding carboxylic acids is 1. The molecule has 1 aromatic carbocycles. The van der Waals surface area contributed by atoms with Gasteiger partial charge in [0.05, 0.1) is 24.4 Å². The standard InChI is InChI=1S/C23H34N6O/c1-28-22(30)19(20(24)29-18-13-7-12-17(18)27-23(28)29)21(25-14-15-8-5-6-9-15)26-16-10-3-2-4-11-16/h2-4,10-11,15,17-21,25-26H,5-9,12-14,24H2,1H3/t17-,18+,19?,20?,21?/m1/s1. The summed E-state index contributed by atoms with van der Waals surface area (Å²) in [4.78, 5) is 22.3. The van der Waals surface area contributed by atoms with Gasteiger partial charge in [-0.25, -0.2) is 4.99 Å². The van der Waals surface area contributed by atoms with Crippen molar-refractivity contribution in [2.24, 2.45) is 22.6 Å². The number of hydrogen-bond donors (Lipinski definition) is 3. The van der Waals surface area contributed by atoms with Gasteiger partial charge >= 0.3 is 0 Å². The van der Waals surface area contributed by atoms with Gasteiger partial charge < -0.3 is 16.0 Å². The van der Waals surface area contributed by atoms with Crippen molar-refractivity contribution >= 4 is 17.6 Å². The number of guanidine groups is 1. The Bertz CT molecular complexity index is 792. The van der Waals surface area contributed by atoms with Crippen LogP contribution in [0.2, 0.25) is 0 Å². The molecule has 3 unspecified atom stereocenters. The zero-order valence-corrected chi connectivity index (χ0v) is 17.8. The Morgan fingerprint density at radius 3 is 2.67 bits per heavy atom. The minimum Gasteiger partial charge on any atom is -0.369 e. The maximum Gasteiger partial charge on any atom is 0.239 e. The van der Waals surface area contributed by atoms with Crippen LogP contribution in [0.4, 0.5) is 5.69 Å². The van der Waals surface area contributed by atoms with Gasteiger partial charge in [0, 0.05) is 12.7 Å². The van der Waals surface area contributed by atoms with Gasteiger partial charge in [-0.2, -0.15) is 0 Å². The van der Waals surface area contributed by atoms with E-state index in [1.807, 2.05) is 37.4 Å². The van der Waals surface area contributed by atoms with Gasteiger partial charge in [-0.05, 0) is 56.7 Å². The molecule has 1 aromatic rings. The third kappa shape index (κ3) is 3.48. The molecule has 2 aliphatic heterocycles. The van der Waals surface area contributed by atoms with E-state index in [9.17, 15) is 4.79 Å². The molecule has 1 amide bonds. The molecular weight excluding hydrogens is 376 g/mol. The van der Waals surface area contributed by atoms with Crippen molar-refractivity contribution in [3.05, 3.63) is 30.3 Å². The van der Waals surface area contributed by atoms with Gasteiger partial charge in [0.15, 0.2) is 0 Å². The number of nitrogens with one attached hydrogen (secondary N) is 2. The van der Waals surface area contributed by atoms with E-state index in [0.29, 0.717) is 12.0 Å². The van der Waals surface area contributed by atoms with Crippen LogP contribution in [0.1, 0.15) is 44.9 Å². The summed E-state index contributed by atoms with van der Waals surface area (Å²) in [6.45, 7) is 0.914. The third-order valence-electron chi connectivity index (χ3n) is 7.47. The van der Waals surface area contributed by atoms with Gasteiger partial charge in [-0.1, -0.05) is 31.0 Å². The van der Waals surface area contributed by atoms with Gasteiger partial charge in [0.25, 0.3) is 0 Å². The number of carbonyl (C=O) groups is 1. The minimum absolute atomic E-state index is 0.0461. The lowest BCUT2D eigenvalue weighted by molar-refractivity contribution is -0.137. The molecular formula is C23H34N6O. The number of rotatable bonds is 6. The van der Waals surface area contributed by atoms with E-state index in [1.165, 1.54) is 32.1 Å². The fourth-order valence-electron chi connectivity index (χ4n) is 5.84. The molecule has 0 aromatic heterocycles. The average Bonchev–Trinajstić information content (AvgIpc) is 3.48. The highest BCUT2D eigenvalue weighted by Gasteiger charge is 2.53. The number of hydrogen-bond acceptors (Lipinski definition) is 6. The van der Waals surface area contributed by atoms with Crippen LogP contribution in [0.15, 0.2) is 35.3 Å². The Morgan fingerprint density at radius 2 is 1.90 bits per heavy atom. The second kappa shape index (κ2) is 8.19. The van der Waals surface area contributed by atoms with Crippen LogP contribution in [0, 0.1) is 11.8 Å². The van der Waals surface area contributed by atoms with E-state index in [-0.39, 0.29) is 30.2 Å². The van der Waals surface area contributed by atoms with E-state index < -0.39 is 0 Å². The maximum absolute atomic E-state index is 13.5. The first-order valence-electron chi connectivity index (χ1n) is 11.6. The summed E-state index contributed by atoms with van der Waals surface area (Å²) in [5, 5.41) is 7.28. The van der Waals surface area contributed by atoms with Crippen molar-refractivity contribution in [3.63, 3.8) is 0 Å². The number of anilines is 1. The van der Waals surface area contributed by atoms with E-state index >= 15 is 0 Å². The van der Waals surface area contributed by atoms with E-state index in [1.54, 1.807) is 4.90 Å². The number of benzene rings is 1. The molecule has 4 N–H and O–H groups in total. The predicted molar refractivity (Wildman–Crippen MR) is 119 cm³/mol. The summed E-state index contributed by atoms with van der Waals surface area (Å²) >= 11 is 0. The van der Waals surface area contributed by atoms with Crippen LogP contribution < -0.4 is 16.4 Å². The first kappa shape index (κ1) is 19.8. The van der Waals surface area contributed by atoms with Crippen LogP contribution in [0.3, 0.4) is 0 Å². The zero-order valence-electron chi connectivity index (χ0n) is 17.8. The van der Waals surface area contributed by atoms with Crippen molar-refractivity contribution in [2.45, 2.75) is 69.4 Å². The van der Waals surface area contributed by atoms with E-state index in [4.69, 9.17) is 10.7 Å². The van der Waals surface area contributed by atoms with Crippen LogP contribution in [-0.2, 0) is 4.79 Å². The Kier molecular flexibility index (Phi) is 5.41. The molecule has 2 heterocycles. The number of nitrogens with two attached hydrogens (primary N) is 1. The van der Waals surface area contributed by atoms with Gasteiger partial charge in [-0.3, -0.25) is 15.0 Å². The number of amides is 1. The number of fused-ring (bicyclic) bond motifs is 3. The Labute approximate surface area is 179 Å². The topological polar surface area (TPSA) is 86.0 Å². The highest BCUT2D eigenvalue weighted by atomic mass is 16.2. The van der Waals surface area contributed by atoms with E-state index in [0.717, 1.165) is 31.0 Å². The van der Waals surface area contributed by atoms with Gasteiger partial charge in [0.2, 0.25) is 11.9 Å². The van der Waals surface area contributed by atoms with Crippen molar-refractivity contribution in [3.8, 4) is 0 Å². The molecule has 5 atom stereocenters. The highest BCUT2D eigenvalue weighted by Crippen LogP contribution is 2.38. The molecule has 4 aliphatic rings. The van der Waals surface area contributed by atoms with Crippen LogP contribution in [-0.4, -0.2) is 59.7 Å². The lowest BCUT2D eigenvalue weighted by Crippen LogP contribution is -2.70. The Balaban J connectivity index is 1.41.